The highest BCUT2D eigenvalue weighted by Gasteiger charge is 2.21. The molecule has 1 fully saturated rings. The molecule has 144 valence electrons. The Hall–Kier alpha value is -2.53. The molecule has 0 heterocycles. The molecular formula is C22H28N2O3. The van der Waals surface area contributed by atoms with E-state index in [0.717, 1.165) is 36.8 Å². The molecular weight excluding hydrogens is 340 g/mol. The first-order valence-electron chi connectivity index (χ1n) is 9.52. The second-order valence-electron chi connectivity index (χ2n) is 7.26. The quantitative estimate of drug-likeness (QED) is 0.643. The first-order valence-corrected chi connectivity index (χ1v) is 9.52. The minimum Gasteiger partial charge on any atom is -0.494 e. The van der Waals surface area contributed by atoms with Crippen molar-refractivity contribution in [1.29, 1.82) is 0 Å². The van der Waals surface area contributed by atoms with Crippen LogP contribution in [0.2, 0.25) is 0 Å². The Balaban J connectivity index is 1.45. The van der Waals surface area contributed by atoms with Gasteiger partial charge in [0.1, 0.15) is 11.5 Å². The van der Waals surface area contributed by atoms with Gasteiger partial charge in [-0.15, -0.1) is 0 Å². The number of amides is 1. The molecule has 5 nitrogen and oxygen atoms in total. The lowest BCUT2D eigenvalue weighted by atomic mass is 10.2. The standard InChI is InChI=1S/C22H28N2O3/c1-24(2)14-3-15-26-20-12-8-19(9-13-20)23-22(25)18-6-10-21(11-7-18)27-16-17-4-5-17/h6-13,17H,3-5,14-16H2,1-2H3,(H,23,25). The zero-order valence-electron chi connectivity index (χ0n) is 16.1. The van der Waals surface area contributed by atoms with Crippen LogP contribution in [0, 0.1) is 5.92 Å². The summed E-state index contributed by atoms with van der Waals surface area (Å²) in [5, 5.41) is 2.91. The third-order valence-corrected chi connectivity index (χ3v) is 4.43. The van der Waals surface area contributed by atoms with Crippen molar-refractivity contribution in [1.82, 2.24) is 4.90 Å². The van der Waals surface area contributed by atoms with Crippen LogP contribution in [0.25, 0.3) is 0 Å². The molecule has 1 aliphatic carbocycles. The average molecular weight is 368 g/mol. The van der Waals surface area contributed by atoms with Gasteiger partial charge < -0.3 is 19.7 Å². The molecule has 0 spiro atoms. The van der Waals surface area contributed by atoms with E-state index in [1.165, 1.54) is 12.8 Å². The zero-order chi connectivity index (χ0) is 19.1. The third-order valence-electron chi connectivity index (χ3n) is 4.43. The minimum atomic E-state index is -0.136. The van der Waals surface area contributed by atoms with Crippen LogP contribution in [-0.2, 0) is 0 Å². The van der Waals surface area contributed by atoms with Crippen molar-refractivity contribution in [2.75, 3.05) is 39.2 Å². The molecule has 5 heteroatoms. The van der Waals surface area contributed by atoms with Gasteiger partial charge in [-0.1, -0.05) is 0 Å². The van der Waals surface area contributed by atoms with Crippen LogP contribution in [0.15, 0.2) is 48.5 Å². The van der Waals surface area contributed by atoms with Gasteiger partial charge in [0.05, 0.1) is 13.2 Å². The van der Waals surface area contributed by atoms with Crippen LogP contribution in [-0.4, -0.2) is 44.7 Å². The predicted molar refractivity (Wildman–Crippen MR) is 108 cm³/mol. The van der Waals surface area contributed by atoms with Crippen LogP contribution >= 0.6 is 0 Å². The molecule has 1 aliphatic rings. The highest BCUT2D eigenvalue weighted by atomic mass is 16.5. The van der Waals surface area contributed by atoms with Crippen LogP contribution in [0.4, 0.5) is 5.69 Å². The summed E-state index contributed by atoms with van der Waals surface area (Å²) in [6.45, 7) is 2.45. The van der Waals surface area contributed by atoms with Gasteiger partial charge in [0.2, 0.25) is 0 Å². The Morgan fingerprint density at radius 1 is 1.00 bits per heavy atom. The normalized spacial score (nSPS) is 13.4. The van der Waals surface area contributed by atoms with Crippen molar-refractivity contribution in [3.63, 3.8) is 0 Å². The maximum Gasteiger partial charge on any atom is 0.255 e. The molecule has 0 bridgehead atoms. The van der Waals surface area contributed by atoms with Crippen molar-refractivity contribution in [3.8, 4) is 11.5 Å². The van der Waals surface area contributed by atoms with Crippen molar-refractivity contribution in [2.24, 2.45) is 5.92 Å². The smallest absolute Gasteiger partial charge is 0.255 e. The number of hydrogen-bond donors (Lipinski definition) is 1. The van der Waals surface area contributed by atoms with E-state index in [9.17, 15) is 4.79 Å². The number of carbonyl (C=O) groups is 1. The Labute approximate surface area is 161 Å². The monoisotopic (exact) mass is 368 g/mol. The van der Waals surface area contributed by atoms with Gasteiger partial charge in [-0.25, -0.2) is 0 Å². The molecule has 1 N–H and O–H groups in total. The van der Waals surface area contributed by atoms with Gasteiger partial charge in [0.15, 0.2) is 0 Å². The summed E-state index contributed by atoms with van der Waals surface area (Å²) in [5.41, 5.74) is 1.35. The molecule has 0 aromatic heterocycles. The highest BCUT2D eigenvalue weighted by Crippen LogP contribution is 2.29. The summed E-state index contributed by atoms with van der Waals surface area (Å²) in [5.74, 6) is 2.20. The lowest BCUT2D eigenvalue weighted by Crippen LogP contribution is -2.15. The number of hydrogen-bond acceptors (Lipinski definition) is 4. The molecule has 27 heavy (non-hydrogen) atoms. The van der Waals surface area contributed by atoms with E-state index in [-0.39, 0.29) is 5.91 Å². The largest absolute Gasteiger partial charge is 0.494 e. The zero-order valence-corrected chi connectivity index (χ0v) is 16.1. The Morgan fingerprint density at radius 2 is 1.63 bits per heavy atom. The number of carbonyl (C=O) groups excluding carboxylic acids is 1. The fraction of sp³-hybridized carbons (Fsp3) is 0.409. The average Bonchev–Trinajstić information content (AvgIpc) is 3.49. The molecule has 0 radical (unpaired) electrons. The summed E-state index contributed by atoms with van der Waals surface area (Å²) in [6, 6.07) is 14.7. The molecule has 1 saturated carbocycles. The van der Waals surface area contributed by atoms with E-state index in [0.29, 0.717) is 18.1 Å². The van der Waals surface area contributed by atoms with Crippen LogP contribution in [0.5, 0.6) is 11.5 Å². The fourth-order valence-electron chi connectivity index (χ4n) is 2.61. The summed E-state index contributed by atoms with van der Waals surface area (Å²) in [7, 11) is 4.10. The molecule has 0 aliphatic heterocycles. The number of nitrogens with one attached hydrogen (secondary N) is 1. The maximum absolute atomic E-state index is 12.4. The van der Waals surface area contributed by atoms with Crippen LogP contribution < -0.4 is 14.8 Å². The van der Waals surface area contributed by atoms with Crippen molar-refractivity contribution in [2.45, 2.75) is 19.3 Å². The second kappa shape index (κ2) is 9.42. The van der Waals surface area contributed by atoms with E-state index in [1.807, 2.05) is 50.5 Å². The van der Waals surface area contributed by atoms with E-state index >= 15 is 0 Å². The van der Waals surface area contributed by atoms with E-state index < -0.39 is 0 Å². The van der Waals surface area contributed by atoms with Gasteiger partial charge >= 0.3 is 0 Å². The van der Waals surface area contributed by atoms with Crippen molar-refractivity contribution in [3.05, 3.63) is 54.1 Å². The summed E-state index contributed by atoms with van der Waals surface area (Å²) in [4.78, 5) is 14.5. The molecule has 0 unspecified atom stereocenters. The highest BCUT2D eigenvalue weighted by molar-refractivity contribution is 6.04. The minimum absolute atomic E-state index is 0.136. The number of nitrogens with zero attached hydrogens (tertiary/aromatic N) is 1. The van der Waals surface area contributed by atoms with E-state index in [4.69, 9.17) is 9.47 Å². The fourth-order valence-corrected chi connectivity index (χ4v) is 2.61. The number of rotatable bonds is 10. The van der Waals surface area contributed by atoms with Crippen LogP contribution in [0.3, 0.4) is 0 Å². The molecule has 0 atom stereocenters. The van der Waals surface area contributed by atoms with Gasteiger partial charge in [-0.2, -0.15) is 0 Å². The molecule has 0 saturated heterocycles. The van der Waals surface area contributed by atoms with Crippen molar-refractivity contribution < 1.29 is 14.3 Å². The van der Waals surface area contributed by atoms with Gasteiger partial charge in [-0.3, -0.25) is 4.79 Å². The van der Waals surface area contributed by atoms with Gasteiger partial charge in [0.25, 0.3) is 5.91 Å². The molecule has 2 aromatic carbocycles. The number of benzene rings is 2. The number of anilines is 1. The third kappa shape index (κ3) is 6.61. The Bertz CT molecular complexity index is 722. The summed E-state index contributed by atoms with van der Waals surface area (Å²) < 4.78 is 11.4. The molecule has 3 rings (SSSR count). The van der Waals surface area contributed by atoms with Gasteiger partial charge in [0, 0.05) is 17.8 Å². The molecule has 1 amide bonds. The molecule has 2 aromatic rings. The first kappa shape index (κ1) is 19.2. The van der Waals surface area contributed by atoms with Gasteiger partial charge in [-0.05, 0) is 87.8 Å². The Kier molecular flexibility index (Phi) is 6.71. The Morgan fingerprint density at radius 3 is 2.26 bits per heavy atom. The lowest BCUT2D eigenvalue weighted by molar-refractivity contribution is 0.102. The lowest BCUT2D eigenvalue weighted by Gasteiger charge is -2.11. The second-order valence-corrected chi connectivity index (χ2v) is 7.26. The van der Waals surface area contributed by atoms with Crippen LogP contribution in [0.1, 0.15) is 29.6 Å². The van der Waals surface area contributed by atoms with Crippen molar-refractivity contribution >= 4 is 11.6 Å². The van der Waals surface area contributed by atoms with E-state index in [2.05, 4.69) is 10.2 Å². The topological polar surface area (TPSA) is 50.8 Å². The number of ether oxygens (including phenoxy) is 2. The summed E-state index contributed by atoms with van der Waals surface area (Å²) >= 11 is 0. The predicted octanol–water partition coefficient (Wildman–Crippen LogP) is 4.06. The first-order chi connectivity index (χ1) is 13.1. The SMILES string of the molecule is CN(C)CCCOc1ccc(NC(=O)c2ccc(OCC3CC3)cc2)cc1. The van der Waals surface area contributed by atoms with E-state index in [1.54, 1.807) is 12.1 Å². The maximum atomic E-state index is 12.4. The summed E-state index contributed by atoms with van der Waals surface area (Å²) in [6.07, 6.45) is 3.51.